The van der Waals surface area contributed by atoms with Crippen LogP contribution in [0.25, 0.3) is 0 Å². The van der Waals surface area contributed by atoms with Crippen LogP contribution < -0.4 is 5.73 Å². The summed E-state index contributed by atoms with van der Waals surface area (Å²) in [5.74, 6) is -1.25. The topological polar surface area (TPSA) is 111 Å². The molecule has 3 aliphatic heterocycles. The first-order valence-corrected chi connectivity index (χ1v) is 8.36. The van der Waals surface area contributed by atoms with Crippen molar-refractivity contribution in [3.05, 3.63) is 22.6 Å². The van der Waals surface area contributed by atoms with Gasteiger partial charge in [0.1, 0.15) is 6.61 Å². The largest absolute Gasteiger partial charge is 0.492 e. The number of hydrogen-bond acceptors (Lipinski definition) is 8. The molecule has 140 valence electrons. The summed E-state index contributed by atoms with van der Waals surface area (Å²) in [6.07, 6.45) is -0.941. The predicted molar refractivity (Wildman–Crippen MR) is 87.6 cm³/mol. The summed E-state index contributed by atoms with van der Waals surface area (Å²) in [4.78, 5) is 41.3. The van der Waals surface area contributed by atoms with E-state index < -0.39 is 17.7 Å². The van der Waals surface area contributed by atoms with E-state index in [2.05, 4.69) is 4.90 Å². The molecule has 0 bridgehead atoms. The zero-order chi connectivity index (χ0) is 19.0. The Morgan fingerprint density at radius 3 is 2.58 bits per heavy atom. The second-order valence-electron chi connectivity index (χ2n) is 7.01. The third-order valence-electron chi connectivity index (χ3n) is 6.10. The Morgan fingerprint density at radius 2 is 2.00 bits per heavy atom. The van der Waals surface area contributed by atoms with Crippen molar-refractivity contribution in [2.24, 2.45) is 11.7 Å². The lowest BCUT2D eigenvalue weighted by atomic mass is 9.83. The van der Waals surface area contributed by atoms with Gasteiger partial charge in [-0.25, -0.2) is 4.79 Å². The van der Waals surface area contributed by atoms with Crippen LogP contribution in [0.1, 0.15) is 6.92 Å². The Bertz CT molecular complexity index is 802. The number of likely N-dealkylation sites (N-methyl/N-ethyl adjacent to an activating group) is 1. The molecule has 9 heteroatoms. The highest BCUT2D eigenvalue weighted by atomic mass is 16.6. The molecule has 2 saturated heterocycles. The monoisotopic (exact) mass is 363 g/mol. The summed E-state index contributed by atoms with van der Waals surface area (Å²) < 4.78 is 16.2. The minimum absolute atomic E-state index is 0.00789. The normalized spacial score (nSPS) is 37.6. The van der Waals surface area contributed by atoms with E-state index in [1.165, 1.54) is 7.11 Å². The number of Topliss-reactive ketones (excluding diaryl/α,β-unsaturated/α-hetero) is 2. The average molecular weight is 363 g/mol. The second kappa shape index (κ2) is 5.31. The van der Waals surface area contributed by atoms with Gasteiger partial charge in [-0.05, 0) is 14.0 Å². The van der Waals surface area contributed by atoms with Crippen LogP contribution in [-0.4, -0.2) is 79.7 Å². The lowest BCUT2D eigenvalue weighted by Crippen LogP contribution is -2.55. The van der Waals surface area contributed by atoms with Gasteiger partial charge in [-0.3, -0.25) is 14.5 Å². The molecule has 2 fully saturated rings. The molecule has 4 rings (SSSR count). The van der Waals surface area contributed by atoms with E-state index in [-0.39, 0.29) is 47.2 Å². The summed E-state index contributed by atoms with van der Waals surface area (Å²) in [6, 6.07) is 0.211. The predicted octanol–water partition coefficient (Wildman–Crippen LogP) is -0.621. The molecule has 1 amide bonds. The van der Waals surface area contributed by atoms with Gasteiger partial charge in [-0.1, -0.05) is 0 Å². The summed E-state index contributed by atoms with van der Waals surface area (Å²) in [7, 11) is 4.87. The zero-order valence-corrected chi connectivity index (χ0v) is 15.1. The average Bonchev–Trinajstić information content (AvgIpc) is 3.00. The molecule has 9 nitrogen and oxygen atoms in total. The summed E-state index contributed by atoms with van der Waals surface area (Å²) in [6.45, 7) is 1.99. The molecule has 0 aromatic carbocycles. The Kier molecular flexibility index (Phi) is 3.48. The van der Waals surface area contributed by atoms with Crippen molar-refractivity contribution >= 4 is 17.7 Å². The van der Waals surface area contributed by atoms with Gasteiger partial charge in [0, 0.05) is 30.8 Å². The number of primary amides is 1. The number of amides is 1. The maximum atomic E-state index is 13.1. The van der Waals surface area contributed by atoms with Crippen molar-refractivity contribution < 1.29 is 28.6 Å². The lowest BCUT2D eigenvalue weighted by molar-refractivity contribution is -0.144. The molecule has 0 radical (unpaired) electrons. The zero-order valence-electron chi connectivity index (χ0n) is 15.1. The van der Waals surface area contributed by atoms with Gasteiger partial charge < -0.3 is 24.8 Å². The van der Waals surface area contributed by atoms with E-state index in [4.69, 9.17) is 19.9 Å². The Hall–Kier alpha value is -2.39. The molecule has 1 aliphatic carbocycles. The van der Waals surface area contributed by atoms with Crippen LogP contribution in [0.4, 0.5) is 4.79 Å². The van der Waals surface area contributed by atoms with Gasteiger partial charge in [-0.15, -0.1) is 0 Å². The first kappa shape index (κ1) is 17.0. The molecule has 0 spiro atoms. The van der Waals surface area contributed by atoms with Crippen LogP contribution in [0.5, 0.6) is 0 Å². The quantitative estimate of drug-likeness (QED) is 0.520. The number of nitrogens with two attached hydrogens (primary N) is 1. The first-order chi connectivity index (χ1) is 12.3. The minimum atomic E-state index is -0.950. The Balaban J connectivity index is 1.85. The summed E-state index contributed by atoms with van der Waals surface area (Å²) >= 11 is 0. The molecule has 2 unspecified atom stereocenters. The van der Waals surface area contributed by atoms with Crippen LogP contribution in [0, 0.1) is 5.92 Å². The van der Waals surface area contributed by atoms with Crippen LogP contribution in [0.2, 0.25) is 0 Å². The third kappa shape index (κ3) is 1.79. The van der Waals surface area contributed by atoms with Gasteiger partial charge in [0.2, 0.25) is 11.6 Å². The van der Waals surface area contributed by atoms with E-state index in [1.54, 1.807) is 14.0 Å². The number of rotatable bonds is 4. The van der Waals surface area contributed by atoms with Crippen molar-refractivity contribution in [2.75, 3.05) is 34.4 Å². The molecule has 2 N–H and O–H groups in total. The van der Waals surface area contributed by atoms with Crippen LogP contribution in [0.15, 0.2) is 22.6 Å². The molecular formula is C17H21N3O6. The number of nitrogens with zero attached hydrogens (tertiary/aromatic N) is 2. The van der Waals surface area contributed by atoms with E-state index >= 15 is 0 Å². The van der Waals surface area contributed by atoms with E-state index in [0.717, 1.165) is 0 Å². The number of fused-ring (bicyclic) bond motifs is 4. The third-order valence-corrected chi connectivity index (χ3v) is 6.10. The number of methoxy groups -OCH3 is 2. The van der Waals surface area contributed by atoms with Gasteiger partial charge >= 0.3 is 6.09 Å². The summed E-state index contributed by atoms with van der Waals surface area (Å²) in [5.41, 5.74) is 5.07. The highest BCUT2D eigenvalue weighted by Crippen LogP contribution is 2.59. The molecule has 3 heterocycles. The molecule has 26 heavy (non-hydrogen) atoms. The van der Waals surface area contributed by atoms with Crippen molar-refractivity contribution in [2.45, 2.75) is 24.7 Å². The smallest absolute Gasteiger partial charge is 0.404 e. The van der Waals surface area contributed by atoms with E-state index in [1.807, 2.05) is 11.9 Å². The van der Waals surface area contributed by atoms with Gasteiger partial charge in [0.05, 0.1) is 24.8 Å². The molecule has 0 aromatic rings. The van der Waals surface area contributed by atoms with Crippen molar-refractivity contribution in [3.63, 3.8) is 0 Å². The summed E-state index contributed by atoms with van der Waals surface area (Å²) in [5, 5.41) is 0. The van der Waals surface area contributed by atoms with Gasteiger partial charge in [0.25, 0.3) is 0 Å². The van der Waals surface area contributed by atoms with Crippen LogP contribution in [-0.2, 0) is 23.8 Å². The number of allylic oxidation sites excluding steroid dienone is 2. The maximum Gasteiger partial charge on any atom is 0.404 e. The first-order valence-electron chi connectivity index (χ1n) is 8.36. The second-order valence-corrected chi connectivity index (χ2v) is 7.01. The standard InChI is InChI=1S/C17H21N3O6/c1-7-12(21)11-10(13(22)14(7)24-3)8(6-26-16(18)23)17(25-4)15-9(19(15)2)5-20(11)17/h8-9,15H,5-6H2,1-4H3,(H2,18,23)/t8-,9+,15+,17?,19?/m0/s1. The number of ether oxygens (including phenoxy) is 3. The number of piperazine rings is 1. The molecule has 5 atom stereocenters. The fourth-order valence-corrected chi connectivity index (χ4v) is 4.94. The number of carbonyl (C=O) groups excluding carboxylic acids is 3. The molecule has 0 aromatic heterocycles. The van der Waals surface area contributed by atoms with Crippen LogP contribution >= 0.6 is 0 Å². The number of carbonyl (C=O) groups is 3. The van der Waals surface area contributed by atoms with E-state index in [0.29, 0.717) is 12.2 Å². The highest BCUT2D eigenvalue weighted by Gasteiger charge is 2.75. The van der Waals surface area contributed by atoms with Crippen molar-refractivity contribution in [3.8, 4) is 0 Å². The van der Waals surface area contributed by atoms with Gasteiger partial charge in [-0.2, -0.15) is 0 Å². The number of ketones is 2. The fraction of sp³-hybridized carbons (Fsp3) is 0.588. The SMILES string of the molecule is COC1=C(C)C(=O)C2=C(C1=O)[C@H](COC(N)=O)C1(OC)[C@H]3[C@@H](CN21)N3C. The van der Waals surface area contributed by atoms with Crippen LogP contribution in [0.3, 0.4) is 0 Å². The lowest BCUT2D eigenvalue weighted by Gasteiger charge is -2.40. The minimum Gasteiger partial charge on any atom is -0.492 e. The molecule has 0 saturated carbocycles. The van der Waals surface area contributed by atoms with E-state index in [9.17, 15) is 14.4 Å². The maximum absolute atomic E-state index is 13.1. The Labute approximate surface area is 150 Å². The number of hydrogen-bond donors (Lipinski definition) is 1. The van der Waals surface area contributed by atoms with Gasteiger partial charge in [0.15, 0.2) is 11.5 Å². The molecule has 4 aliphatic rings. The highest BCUT2D eigenvalue weighted by molar-refractivity contribution is 6.25. The Morgan fingerprint density at radius 1 is 1.31 bits per heavy atom. The van der Waals surface area contributed by atoms with Crippen molar-refractivity contribution in [1.82, 2.24) is 9.80 Å². The molecular weight excluding hydrogens is 342 g/mol. The fourth-order valence-electron chi connectivity index (χ4n) is 4.94. The van der Waals surface area contributed by atoms with Crippen molar-refractivity contribution in [1.29, 1.82) is 0 Å².